The van der Waals surface area contributed by atoms with Crippen molar-refractivity contribution in [3.8, 4) is 0 Å². The molecule has 0 aromatic heterocycles. The van der Waals surface area contributed by atoms with Gasteiger partial charge in [-0.25, -0.2) is 0 Å². The van der Waals surface area contributed by atoms with Gasteiger partial charge in [-0.1, -0.05) is 41.5 Å². The predicted octanol–water partition coefficient (Wildman–Crippen LogP) is 6.28. The first-order valence-corrected chi connectivity index (χ1v) is 7.78. The summed E-state index contributed by atoms with van der Waals surface area (Å²) in [6.45, 7) is 12.5. The zero-order chi connectivity index (χ0) is 13.8. The fourth-order valence-electron chi connectivity index (χ4n) is 1.60. The molecule has 0 radical (unpaired) electrons. The highest BCUT2D eigenvalue weighted by atomic mass is 32.2. The van der Waals surface area contributed by atoms with Crippen LogP contribution in [0.1, 0.15) is 53.4 Å². The lowest BCUT2D eigenvalue weighted by Gasteiger charge is -2.01. The summed E-state index contributed by atoms with van der Waals surface area (Å²) in [5.41, 5.74) is 4.42. The molecule has 0 fully saturated rings. The third-order valence-corrected chi connectivity index (χ3v) is 3.36. The quantitative estimate of drug-likeness (QED) is 0.349. The Balaban J connectivity index is 3.82. The predicted molar refractivity (Wildman–Crippen MR) is 88.1 cm³/mol. The minimum Gasteiger partial charge on any atom is -0.131 e. The molecule has 1 heteroatoms. The molecule has 0 saturated carbocycles. The summed E-state index contributed by atoms with van der Waals surface area (Å²) in [7, 11) is 0. The third-order valence-electron chi connectivity index (χ3n) is 2.77. The monoisotopic (exact) mass is 264 g/mol. The van der Waals surface area contributed by atoms with Crippen LogP contribution in [0.2, 0.25) is 0 Å². The van der Waals surface area contributed by atoms with Crippen molar-refractivity contribution >= 4 is 11.8 Å². The summed E-state index contributed by atoms with van der Waals surface area (Å²) < 4.78 is 0. The number of hydrogen-bond donors (Lipinski definition) is 0. The van der Waals surface area contributed by atoms with E-state index in [1.54, 1.807) is 11.8 Å². The standard InChI is InChI=1S/C17H28S/c1-6-18-14-13-17(5)12-8-11-16(4)10-7-9-15(2)3/h6,9,11,13H,1,7-8,10,12,14H2,2-5H3/b16-11+,17-13+. The van der Waals surface area contributed by atoms with Crippen LogP contribution in [-0.2, 0) is 0 Å². The van der Waals surface area contributed by atoms with Crippen LogP contribution in [0.4, 0.5) is 0 Å². The number of hydrogen-bond acceptors (Lipinski definition) is 1. The van der Waals surface area contributed by atoms with Gasteiger partial charge in [0.2, 0.25) is 0 Å². The molecule has 0 aromatic carbocycles. The van der Waals surface area contributed by atoms with Crippen molar-refractivity contribution in [1.29, 1.82) is 0 Å². The van der Waals surface area contributed by atoms with Gasteiger partial charge in [0.1, 0.15) is 0 Å². The van der Waals surface area contributed by atoms with Crippen molar-refractivity contribution in [1.82, 2.24) is 0 Å². The van der Waals surface area contributed by atoms with Crippen LogP contribution in [0, 0.1) is 0 Å². The molecule has 0 spiro atoms. The molecule has 0 N–H and O–H groups in total. The Morgan fingerprint density at radius 1 is 0.889 bits per heavy atom. The van der Waals surface area contributed by atoms with Gasteiger partial charge < -0.3 is 0 Å². The Morgan fingerprint density at radius 2 is 1.44 bits per heavy atom. The molecule has 0 nitrogen and oxygen atoms in total. The maximum Gasteiger partial charge on any atom is 0.0157 e. The average Bonchev–Trinajstić information content (AvgIpc) is 2.29. The van der Waals surface area contributed by atoms with E-state index in [0.29, 0.717) is 0 Å². The molecule has 0 bridgehead atoms. The zero-order valence-electron chi connectivity index (χ0n) is 12.5. The maximum absolute atomic E-state index is 3.70. The molecule has 0 amide bonds. The van der Waals surface area contributed by atoms with Gasteiger partial charge in [-0.05, 0) is 58.8 Å². The first kappa shape index (κ1) is 17.3. The lowest BCUT2D eigenvalue weighted by atomic mass is 10.1. The highest BCUT2D eigenvalue weighted by Crippen LogP contribution is 2.12. The molecule has 0 aliphatic carbocycles. The summed E-state index contributed by atoms with van der Waals surface area (Å²) in [6.07, 6.45) is 11.7. The van der Waals surface area contributed by atoms with E-state index in [1.807, 2.05) is 5.41 Å². The van der Waals surface area contributed by atoms with Crippen molar-refractivity contribution < 1.29 is 0 Å². The van der Waals surface area contributed by atoms with Gasteiger partial charge in [-0.3, -0.25) is 0 Å². The third kappa shape index (κ3) is 11.8. The summed E-state index contributed by atoms with van der Waals surface area (Å²) in [5, 5.41) is 1.90. The van der Waals surface area contributed by atoms with Gasteiger partial charge in [0, 0.05) is 5.75 Å². The van der Waals surface area contributed by atoms with E-state index in [-0.39, 0.29) is 0 Å². The van der Waals surface area contributed by atoms with Crippen LogP contribution in [-0.4, -0.2) is 5.75 Å². The molecule has 18 heavy (non-hydrogen) atoms. The Hall–Kier alpha value is -0.690. The largest absolute Gasteiger partial charge is 0.131 e. The SMILES string of the molecule is C=CSC/C=C(\C)CC/C=C(\C)CCC=C(C)C. The molecule has 0 aliphatic heterocycles. The fraction of sp³-hybridized carbons (Fsp3) is 0.529. The Morgan fingerprint density at radius 3 is 2.00 bits per heavy atom. The second kappa shape index (κ2) is 11.4. The molecule has 0 atom stereocenters. The highest BCUT2D eigenvalue weighted by molar-refractivity contribution is 8.02. The maximum atomic E-state index is 3.70. The van der Waals surface area contributed by atoms with Crippen LogP contribution >= 0.6 is 11.8 Å². The molecular weight excluding hydrogens is 236 g/mol. The lowest BCUT2D eigenvalue weighted by Crippen LogP contribution is -1.81. The van der Waals surface area contributed by atoms with Gasteiger partial charge in [-0.2, -0.15) is 0 Å². The average molecular weight is 264 g/mol. The van der Waals surface area contributed by atoms with E-state index in [9.17, 15) is 0 Å². The van der Waals surface area contributed by atoms with Gasteiger partial charge in [0.25, 0.3) is 0 Å². The molecule has 0 heterocycles. The lowest BCUT2D eigenvalue weighted by molar-refractivity contribution is 0.917. The van der Waals surface area contributed by atoms with E-state index >= 15 is 0 Å². The minimum atomic E-state index is 1.05. The summed E-state index contributed by atoms with van der Waals surface area (Å²) in [4.78, 5) is 0. The molecule has 0 aliphatic rings. The summed E-state index contributed by atoms with van der Waals surface area (Å²) in [6, 6.07) is 0. The molecule has 0 aromatic rings. The Bertz CT molecular complexity index is 315. The van der Waals surface area contributed by atoms with Crippen molar-refractivity contribution in [2.24, 2.45) is 0 Å². The van der Waals surface area contributed by atoms with E-state index in [2.05, 4.69) is 52.5 Å². The van der Waals surface area contributed by atoms with Crippen LogP contribution in [0.25, 0.3) is 0 Å². The summed E-state index contributed by atoms with van der Waals surface area (Å²) in [5.74, 6) is 1.05. The van der Waals surface area contributed by atoms with E-state index in [4.69, 9.17) is 0 Å². The number of allylic oxidation sites excluding steroid dienone is 5. The summed E-state index contributed by atoms with van der Waals surface area (Å²) >= 11 is 1.76. The fourth-order valence-corrected chi connectivity index (χ4v) is 2.11. The van der Waals surface area contributed by atoms with Crippen molar-refractivity contribution in [3.63, 3.8) is 0 Å². The number of thioether (sulfide) groups is 1. The van der Waals surface area contributed by atoms with Gasteiger partial charge in [-0.15, -0.1) is 11.8 Å². The number of rotatable bonds is 9. The Kier molecular flexibility index (Phi) is 11.0. The molecule has 0 saturated heterocycles. The van der Waals surface area contributed by atoms with Crippen molar-refractivity contribution in [2.75, 3.05) is 5.75 Å². The second-order valence-electron chi connectivity index (χ2n) is 4.96. The zero-order valence-corrected chi connectivity index (χ0v) is 13.3. The molecule has 0 rings (SSSR count). The van der Waals surface area contributed by atoms with Crippen molar-refractivity contribution in [3.05, 3.63) is 46.9 Å². The molecule has 102 valence electrons. The van der Waals surface area contributed by atoms with Crippen LogP contribution in [0.3, 0.4) is 0 Å². The van der Waals surface area contributed by atoms with Gasteiger partial charge >= 0.3 is 0 Å². The van der Waals surface area contributed by atoms with E-state index in [0.717, 1.165) is 5.75 Å². The normalized spacial score (nSPS) is 12.4. The van der Waals surface area contributed by atoms with Crippen molar-refractivity contribution in [2.45, 2.75) is 53.4 Å². The highest BCUT2D eigenvalue weighted by Gasteiger charge is 1.91. The first-order chi connectivity index (χ1) is 8.56. The topological polar surface area (TPSA) is 0 Å². The first-order valence-electron chi connectivity index (χ1n) is 6.73. The van der Waals surface area contributed by atoms with E-state index < -0.39 is 0 Å². The van der Waals surface area contributed by atoms with Gasteiger partial charge in [0.05, 0.1) is 0 Å². The van der Waals surface area contributed by atoms with Crippen LogP contribution in [0.5, 0.6) is 0 Å². The minimum absolute atomic E-state index is 1.05. The Labute approximate surface area is 118 Å². The van der Waals surface area contributed by atoms with Crippen LogP contribution < -0.4 is 0 Å². The van der Waals surface area contributed by atoms with Gasteiger partial charge in [0.15, 0.2) is 0 Å². The second-order valence-corrected chi connectivity index (χ2v) is 5.96. The molecular formula is C17H28S. The van der Waals surface area contributed by atoms with Crippen LogP contribution in [0.15, 0.2) is 46.9 Å². The molecule has 0 unspecified atom stereocenters. The van der Waals surface area contributed by atoms with E-state index in [1.165, 1.54) is 42.4 Å². The smallest absolute Gasteiger partial charge is 0.0157 e.